The Labute approximate surface area is 114 Å². The third-order valence-corrected chi connectivity index (χ3v) is 3.12. The van der Waals surface area contributed by atoms with Crippen molar-refractivity contribution in [3.63, 3.8) is 0 Å². The molecule has 0 bridgehead atoms. The molecule has 3 heteroatoms. The normalized spacial score (nSPS) is 13.1. The van der Waals surface area contributed by atoms with Gasteiger partial charge >= 0.3 is 5.97 Å². The average molecular weight is 258 g/mol. The Morgan fingerprint density at radius 1 is 1.32 bits per heavy atom. The van der Waals surface area contributed by atoms with Crippen LogP contribution in [-0.4, -0.2) is 18.9 Å². The van der Waals surface area contributed by atoms with Gasteiger partial charge in [-0.1, -0.05) is 30.3 Å². The van der Waals surface area contributed by atoms with E-state index >= 15 is 0 Å². The minimum absolute atomic E-state index is 0.197. The van der Waals surface area contributed by atoms with Crippen molar-refractivity contribution < 1.29 is 14.3 Å². The lowest BCUT2D eigenvalue weighted by Crippen LogP contribution is -2.29. The van der Waals surface area contributed by atoms with Crippen molar-refractivity contribution in [3.8, 4) is 12.3 Å². The van der Waals surface area contributed by atoms with E-state index in [4.69, 9.17) is 11.2 Å². The summed E-state index contributed by atoms with van der Waals surface area (Å²) in [6, 6.07) is 9.46. The van der Waals surface area contributed by atoms with E-state index < -0.39 is 11.9 Å². The number of benzene rings is 1. The van der Waals surface area contributed by atoms with Gasteiger partial charge in [0.1, 0.15) is 11.7 Å². The first kappa shape index (κ1) is 15.0. The molecule has 2 unspecified atom stereocenters. The van der Waals surface area contributed by atoms with Gasteiger partial charge in [0, 0.05) is 12.3 Å². The topological polar surface area (TPSA) is 43.4 Å². The van der Waals surface area contributed by atoms with Gasteiger partial charge in [-0.05, 0) is 18.9 Å². The molecule has 0 saturated heterocycles. The second-order valence-corrected chi connectivity index (χ2v) is 4.37. The van der Waals surface area contributed by atoms with Crippen LogP contribution in [0.4, 0.5) is 0 Å². The van der Waals surface area contributed by atoms with E-state index in [9.17, 15) is 9.59 Å². The van der Waals surface area contributed by atoms with Crippen LogP contribution in [0.15, 0.2) is 30.3 Å². The zero-order valence-corrected chi connectivity index (χ0v) is 11.3. The number of carbonyl (C=O) groups excluding carboxylic acids is 2. The van der Waals surface area contributed by atoms with Crippen LogP contribution in [0.1, 0.15) is 31.2 Å². The Morgan fingerprint density at radius 2 is 1.95 bits per heavy atom. The standard InChI is InChI=1S/C16H18O3/c1-4-5-11-14(13-9-7-6-8-10-13)15(12(2)17)16(18)19-3/h1,6-10,14-15H,5,11H2,2-3H3. The monoisotopic (exact) mass is 258 g/mol. The number of esters is 1. The van der Waals surface area contributed by atoms with Crippen molar-refractivity contribution in [2.75, 3.05) is 7.11 Å². The second-order valence-electron chi connectivity index (χ2n) is 4.37. The minimum Gasteiger partial charge on any atom is -0.468 e. The number of hydrogen-bond donors (Lipinski definition) is 0. The molecule has 1 aromatic carbocycles. The molecule has 1 rings (SSSR count). The van der Waals surface area contributed by atoms with Crippen LogP contribution in [-0.2, 0) is 14.3 Å². The molecule has 1 aromatic rings. The van der Waals surface area contributed by atoms with Crippen LogP contribution in [0.3, 0.4) is 0 Å². The van der Waals surface area contributed by atoms with Gasteiger partial charge in [0.2, 0.25) is 0 Å². The molecule has 0 N–H and O–H groups in total. The van der Waals surface area contributed by atoms with Gasteiger partial charge in [0.25, 0.3) is 0 Å². The predicted molar refractivity (Wildman–Crippen MR) is 73.4 cm³/mol. The van der Waals surface area contributed by atoms with E-state index in [1.54, 1.807) is 0 Å². The third kappa shape index (κ3) is 3.96. The SMILES string of the molecule is C#CCCC(c1ccccc1)C(C(C)=O)C(=O)OC. The molecule has 2 atom stereocenters. The smallest absolute Gasteiger partial charge is 0.316 e. The van der Waals surface area contributed by atoms with Gasteiger partial charge in [-0.2, -0.15) is 0 Å². The molecule has 100 valence electrons. The number of rotatable bonds is 6. The van der Waals surface area contributed by atoms with E-state index in [1.165, 1.54) is 14.0 Å². The number of carbonyl (C=O) groups is 2. The van der Waals surface area contributed by atoms with E-state index in [0.29, 0.717) is 12.8 Å². The average Bonchev–Trinajstić information content (AvgIpc) is 2.43. The summed E-state index contributed by atoms with van der Waals surface area (Å²) < 4.78 is 4.74. The Morgan fingerprint density at radius 3 is 2.42 bits per heavy atom. The highest BCUT2D eigenvalue weighted by molar-refractivity contribution is 5.98. The number of ether oxygens (including phenoxy) is 1. The highest BCUT2D eigenvalue weighted by Crippen LogP contribution is 2.31. The number of hydrogen-bond acceptors (Lipinski definition) is 3. The molecule has 0 aliphatic carbocycles. The molecule has 0 aromatic heterocycles. The van der Waals surface area contributed by atoms with Gasteiger partial charge in [-0.15, -0.1) is 12.3 Å². The summed E-state index contributed by atoms with van der Waals surface area (Å²) in [5.41, 5.74) is 0.934. The lowest BCUT2D eigenvalue weighted by atomic mass is 9.80. The van der Waals surface area contributed by atoms with Crippen molar-refractivity contribution >= 4 is 11.8 Å². The molecule has 0 fully saturated rings. The maximum atomic E-state index is 11.8. The summed E-state index contributed by atoms with van der Waals surface area (Å²) in [5.74, 6) is 0.832. The van der Waals surface area contributed by atoms with Gasteiger partial charge in [0.05, 0.1) is 7.11 Å². The number of terminal acetylenes is 1. The van der Waals surface area contributed by atoms with Crippen LogP contribution in [0.25, 0.3) is 0 Å². The molecule has 0 amide bonds. The highest BCUT2D eigenvalue weighted by atomic mass is 16.5. The van der Waals surface area contributed by atoms with Crippen LogP contribution < -0.4 is 0 Å². The Hall–Kier alpha value is -2.08. The first-order chi connectivity index (χ1) is 9.11. The van der Waals surface area contributed by atoms with Crippen molar-refractivity contribution in [1.29, 1.82) is 0 Å². The zero-order valence-electron chi connectivity index (χ0n) is 11.3. The molecular weight excluding hydrogens is 240 g/mol. The molecule has 0 saturated carbocycles. The summed E-state index contributed by atoms with van der Waals surface area (Å²) in [4.78, 5) is 23.6. The van der Waals surface area contributed by atoms with Crippen molar-refractivity contribution in [2.24, 2.45) is 5.92 Å². The van der Waals surface area contributed by atoms with E-state index in [2.05, 4.69) is 5.92 Å². The van der Waals surface area contributed by atoms with E-state index in [-0.39, 0.29) is 11.7 Å². The van der Waals surface area contributed by atoms with Crippen LogP contribution >= 0.6 is 0 Å². The van der Waals surface area contributed by atoms with Crippen molar-refractivity contribution in [3.05, 3.63) is 35.9 Å². The lowest BCUT2D eigenvalue weighted by molar-refractivity contribution is -0.150. The Kier molecular flexibility index (Phi) is 5.81. The molecule has 0 spiro atoms. The quantitative estimate of drug-likeness (QED) is 0.447. The maximum absolute atomic E-state index is 11.8. The van der Waals surface area contributed by atoms with E-state index in [0.717, 1.165) is 5.56 Å². The fourth-order valence-corrected chi connectivity index (χ4v) is 2.21. The highest BCUT2D eigenvalue weighted by Gasteiger charge is 2.33. The summed E-state index contributed by atoms with van der Waals surface area (Å²) in [6.07, 6.45) is 6.39. The van der Waals surface area contributed by atoms with Gasteiger partial charge in [-0.25, -0.2) is 0 Å². The summed E-state index contributed by atoms with van der Waals surface area (Å²) in [6.45, 7) is 1.41. The van der Waals surface area contributed by atoms with E-state index in [1.807, 2.05) is 30.3 Å². The number of ketones is 1. The lowest BCUT2D eigenvalue weighted by Gasteiger charge is -2.23. The van der Waals surface area contributed by atoms with Crippen LogP contribution in [0.2, 0.25) is 0 Å². The van der Waals surface area contributed by atoms with Gasteiger partial charge in [-0.3, -0.25) is 9.59 Å². The zero-order chi connectivity index (χ0) is 14.3. The van der Waals surface area contributed by atoms with Crippen molar-refractivity contribution in [1.82, 2.24) is 0 Å². The molecule has 0 aliphatic heterocycles. The van der Waals surface area contributed by atoms with Gasteiger partial charge < -0.3 is 4.74 Å². The Bertz CT molecular complexity index is 471. The fourth-order valence-electron chi connectivity index (χ4n) is 2.21. The molecule has 0 heterocycles. The molecule has 19 heavy (non-hydrogen) atoms. The van der Waals surface area contributed by atoms with Gasteiger partial charge in [0.15, 0.2) is 0 Å². The fraction of sp³-hybridized carbons (Fsp3) is 0.375. The second kappa shape index (κ2) is 7.38. The largest absolute Gasteiger partial charge is 0.468 e. The summed E-state index contributed by atoms with van der Waals surface area (Å²) in [5, 5.41) is 0. The molecular formula is C16H18O3. The van der Waals surface area contributed by atoms with Crippen molar-refractivity contribution in [2.45, 2.75) is 25.7 Å². The maximum Gasteiger partial charge on any atom is 0.316 e. The first-order valence-electron chi connectivity index (χ1n) is 6.18. The third-order valence-electron chi connectivity index (χ3n) is 3.12. The van der Waals surface area contributed by atoms with Crippen LogP contribution in [0.5, 0.6) is 0 Å². The summed E-state index contributed by atoms with van der Waals surface area (Å²) in [7, 11) is 1.29. The number of Topliss-reactive ketones (excluding diaryl/α,β-unsaturated/α-hetero) is 1. The predicted octanol–water partition coefficient (Wildman–Crippen LogP) is 2.56. The summed E-state index contributed by atoms with van der Waals surface area (Å²) >= 11 is 0. The van der Waals surface area contributed by atoms with Crippen LogP contribution in [0, 0.1) is 18.3 Å². The Balaban J connectivity index is 3.10. The molecule has 0 aliphatic rings. The minimum atomic E-state index is -0.791. The number of methoxy groups -OCH3 is 1. The molecule has 0 radical (unpaired) electrons. The first-order valence-corrected chi connectivity index (χ1v) is 6.18. The molecule has 3 nitrogen and oxygen atoms in total.